The lowest BCUT2D eigenvalue weighted by atomic mass is 9.86. The predicted molar refractivity (Wildman–Crippen MR) is 91.6 cm³/mol. The molecular weight excluding hydrogens is 360 g/mol. The fourth-order valence-electron chi connectivity index (χ4n) is 3.32. The van der Waals surface area contributed by atoms with E-state index in [4.69, 9.17) is 9.84 Å². The quantitative estimate of drug-likeness (QED) is 0.668. The number of hydrogen-bond donors (Lipinski definition) is 3. The van der Waals surface area contributed by atoms with Crippen LogP contribution in [0.3, 0.4) is 0 Å². The number of ether oxygens (including phenoxy) is 1. The zero-order valence-corrected chi connectivity index (χ0v) is 15.0. The van der Waals surface area contributed by atoms with Gasteiger partial charge in [-0.25, -0.2) is 13.1 Å². The highest BCUT2D eigenvalue weighted by molar-refractivity contribution is 7.89. The third kappa shape index (κ3) is 4.40. The summed E-state index contributed by atoms with van der Waals surface area (Å²) < 4.78 is 32.3. The fraction of sp³-hybridized carbons (Fsp3) is 0.529. The highest BCUT2D eigenvalue weighted by Crippen LogP contribution is 2.24. The molecule has 0 bridgehead atoms. The molecule has 0 spiro atoms. The molecule has 1 aliphatic carbocycles. The first-order chi connectivity index (χ1) is 12.3. The summed E-state index contributed by atoms with van der Waals surface area (Å²) in [5, 5.41) is 11.7. The van der Waals surface area contributed by atoms with Crippen molar-refractivity contribution >= 4 is 21.9 Å². The summed E-state index contributed by atoms with van der Waals surface area (Å²) in [6, 6.07) is 4.67. The summed E-state index contributed by atoms with van der Waals surface area (Å²) in [6.45, 7) is 0.516. The normalized spacial score (nSPS) is 22.6. The van der Waals surface area contributed by atoms with Crippen LogP contribution in [0.4, 0.5) is 0 Å². The van der Waals surface area contributed by atoms with Crippen LogP contribution in [0, 0.1) is 5.92 Å². The van der Waals surface area contributed by atoms with Crippen molar-refractivity contribution in [2.45, 2.75) is 49.8 Å². The summed E-state index contributed by atoms with van der Waals surface area (Å²) >= 11 is 0. The number of amides is 1. The molecule has 2 aliphatic rings. The maximum absolute atomic E-state index is 12.3. The van der Waals surface area contributed by atoms with Gasteiger partial charge in [0.25, 0.3) is 0 Å². The lowest BCUT2D eigenvalue weighted by Gasteiger charge is -2.26. The van der Waals surface area contributed by atoms with Gasteiger partial charge in [-0.3, -0.25) is 9.59 Å². The predicted octanol–water partition coefficient (Wildman–Crippen LogP) is 0.755. The Morgan fingerprint density at radius 2 is 1.81 bits per heavy atom. The molecule has 1 aliphatic heterocycles. The number of carbonyl (C=O) groups excluding carboxylic acids is 1. The molecule has 8 nitrogen and oxygen atoms in total. The summed E-state index contributed by atoms with van der Waals surface area (Å²) in [7, 11) is -3.78. The molecule has 1 aromatic carbocycles. The summed E-state index contributed by atoms with van der Waals surface area (Å²) in [5.74, 6) is -1.58. The smallest absolute Gasteiger partial charge is 0.306 e. The number of aliphatic carboxylic acids is 1. The van der Waals surface area contributed by atoms with Gasteiger partial charge in [-0.05, 0) is 48.9 Å². The van der Waals surface area contributed by atoms with Gasteiger partial charge >= 0.3 is 5.97 Å². The van der Waals surface area contributed by atoms with Crippen LogP contribution < -0.4 is 10.0 Å². The molecule has 1 saturated carbocycles. The second-order valence-corrected chi connectivity index (χ2v) is 8.47. The number of rotatable bonds is 6. The van der Waals surface area contributed by atoms with Crippen LogP contribution in [0.1, 0.15) is 36.8 Å². The molecule has 1 fully saturated rings. The molecule has 0 radical (unpaired) electrons. The van der Waals surface area contributed by atoms with Crippen molar-refractivity contribution in [1.29, 1.82) is 0 Å². The average molecular weight is 382 g/mol. The van der Waals surface area contributed by atoms with Gasteiger partial charge in [-0.1, -0.05) is 6.07 Å². The van der Waals surface area contributed by atoms with E-state index >= 15 is 0 Å². The Kier molecular flexibility index (Phi) is 5.59. The number of benzene rings is 1. The van der Waals surface area contributed by atoms with Crippen LogP contribution in [0.5, 0.6) is 0 Å². The van der Waals surface area contributed by atoms with Crippen molar-refractivity contribution in [1.82, 2.24) is 10.0 Å². The molecule has 9 heteroatoms. The zero-order chi connectivity index (χ0) is 18.7. The molecule has 0 atom stereocenters. The van der Waals surface area contributed by atoms with Crippen LogP contribution in [-0.4, -0.2) is 38.0 Å². The van der Waals surface area contributed by atoms with Crippen molar-refractivity contribution in [3.63, 3.8) is 0 Å². The van der Waals surface area contributed by atoms with E-state index in [9.17, 15) is 18.0 Å². The molecule has 3 rings (SSSR count). The Balaban J connectivity index is 1.50. The van der Waals surface area contributed by atoms with E-state index in [0.29, 0.717) is 38.9 Å². The topological polar surface area (TPSA) is 122 Å². The Morgan fingerprint density at radius 3 is 2.50 bits per heavy atom. The number of hydrogen-bond acceptors (Lipinski definition) is 5. The first kappa shape index (κ1) is 18.8. The fourth-order valence-corrected chi connectivity index (χ4v) is 4.36. The first-order valence-electron chi connectivity index (χ1n) is 8.56. The number of nitrogens with one attached hydrogen (secondary N) is 2. The summed E-state index contributed by atoms with van der Waals surface area (Å²) in [4.78, 5) is 23.1. The molecule has 1 heterocycles. The van der Waals surface area contributed by atoms with Crippen LogP contribution in [-0.2, 0) is 37.6 Å². The van der Waals surface area contributed by atoms with Gasteiger partial charge in [0.05, 0.1) is 30.6 Å². The third-order valence-electron chi connectivity index (χ3n) is 4.87. The molecule has 1 aromatic rings. The Labute approximate surface area is 152 Å². The highest BCUT2D eigenvalue weighted by Gasteiger charge is 2.27. The molecule has 142 valence electrons. The minimum absolute atomic E-state index is 0.108. The lowest BCUT2D eigenvalue weighted by Crippen LogP contribution is -2.43. The summed E-state index contributed by atoms with van der Waals surface area (Å²) in [6.07, 6.45) is 2.20. The van der Waals surface area contributed by atoms with Crippen molar-refractivity contribution in [2.75, 3.05) is 6.54 Å². The minimum Gasteiger partial charge on any atom is -0.481 e. The maximum atomic E-state index is 12.3. The zero-order valence-electron chi connectivity index (χ0n) is 14.2. The van der Waals surface area contributed by atoms with Gasteiger partial charge in [-0.15, -0.1) is 0 Å². The number of sulfonamides is 1. The van der Waals surface area contributed by atoms with Crippen LogP contribution >= 0.6 is 0 Å². The molecule has 26 heavy (non-hydrogen) atoms. The molecule has 0 aromatic heterocycles. The van der Waals surface area contributed by atoms with Gasteiger partial charge in [0.15, 0.2) is 0 Å². The van der Waals surface area contributed by atoms with E-state index in [1.807, 2.05) is 0 Å². The van der Waals surface area contributed by atoms with Crippen LogP contribution in [0.15, 0.2) is 23.1 Å². The largest absolute Gasteiger partial charge is 0.481 e. The van der Waals surface area contributed by atoms with Crippen LogP contribution in [0.2, 0.25) is 0 Å². The van der Waals surface area contributed by atoms with Gasteiger partial charge in [-0.2, -0.15) is 0 Å². The molecule has 0 unspecified atom stereocenters. The van der Waals surface area contributed by atoms with Crippen molar-refractivity contribution < 1.29 is 27.9 Å². The monoisotopic (exact) mass is 382 g/mol. The van der Waals surface area contributed by atoms with E-state index < -0.39 is 21.9 Å². The Hall–Kier alpha value is -1.97. The van der Waals surface area contributed by atoms with E-state index in [1.165, 1.54) is 6.07 Å². The molecular formula is C17H22N2O6S. The number of carboxylic acid groups (broad SMARTS) is 1. The SMILES string of the molecule is O=C(CNS(=O)(=O)c1ccc2c(c1)COC2)NC1CCC(C(=O)O)CC1. The third-order valence-corrected chi connectivity index (χ3v) is 6.27. The summed E-state index contributed by atoms with van der Waals surface area (Å²) in [5.41, 5.74) is 1.81. The van der Waals surface area contributed by atoms with E-state index in [2.05, 4.69) is 10.0 Å². The van der Waals surface area contributed by atoms with Gasteiger partial charge in [0.2, 0.25) is 15.9 Å². The van der Waals surface area contributed by atoms with E-state index in [0.717, 1.165) is 11.1 Å². The molecule has 0 saturated heterocycles. The van der Waals surface area contributed by atoms with E-state index in [-0.39, 0.29) is 23.4 Å². The number of fused-ring (bicyclic) bond motifs is 1. The standard InChI is InChI=1S/C17H22N2O6S/c20-16(19-14-4-1-11(2-5-14)17(21)22)8-18-26(23,24)15-6-3-12-9-25-10-13(12)7-15/h3,6-7,11,14,18H,1-2,4-5,8-10H2,(H,19,20)(H,21,22). The lowest BCUT2D eigenvalue weighted by molar-refractivity contribution is -0.142. The average Bonchev–Trinajstić information content (AvgIpc) is 3.08. The van der Waals surface area contributed by atoms with Gasteiger partial charge < -0.3 is 15.2 Å². The van der Waals surface area contributed by atoms with Crippen molar-refractivity contribution in [2.24, 2.45) is 5.92 Å². The minimum atomic E-state index is -3.78. The molecule has 1 amide bonds. The second-order valence-electron chi connectivity index (χ2n) is 6.70. The Bertz CT molecular complexity index is 799. The van der Waals surface area contributed by atoms with Crippen molar-refractivity contribution in [3.05, 3.63) is 29.3 Å². The second kappa shape index (κ2) is 7.73. The highest BCUT2D eigenvalue weighted by atomic mass is 32.2. The van der Waals surface area contributed by atoms with Gasteiger partial charge in [0.1, 0.15) is 0 Å². The van der Waals surface area contributed by atoms with Gasteiger partial charge in [0, 0.05) is 6.04 Å². The number of carbonyl (C=O) groups is 2. The van der Waals surface area contributed by atoms with Crippen molar-refractivity contribution in [3.8, 4) is 0 Å². The Morgan fingerprint density at radius 1 is 1.12 bits per heavy atom. The first-order valence-corrected chi connectivity index (χ1v) is 10.0. The molecule has 3 N–H and O–H groups in total. The van der Waals surface area contributed by atoms with E-state index in [1.54, 1.807) is 12.1 Å². The maximum Gasteiger partial charge on any atom is 0.306 e. The number of carboxylic acids is 1. The van der Waals surface area contributed by atoms with Crippen LogP contribution in [0.25, 0.3) is 0 Å².